The van der Waals surface area contributed by atoms with Gasteiger partial charge in [0.25, 0.3) is 0 Å². The van der Waals surface area contributed by atoms with Gasteiger partial charge in [-0.05, 0) is 71.0 Å². The summed E-state index contributed by atoms with van der Waals surface area (Å²) in [6.07, 6.45) is 4.99. The molecule has 2 aliphatic carbocycles. The Kier molecular flexibility index (Phi) is 8.40. The van der Waals surface area contributed by atoms with E-state index in [1.807, 2.05) is 50.2 Å². The molecule has 0 saturated heterocycles. The number of anilines is 1. The highest BCUT2D eigenvalue weighted by molar-refractivity contribution is 7.89. The number of carbonyl (C=O) groups is 3. The van der Waals surface area contributed by atoms with Crippen molar-refractivity contribution < 1.29 is 27.9 Å². The van der Waals surface area contributed by atoms with Crippen molar-refractivity contribution >= 4 is 33.5 Å². The van der Waals surface area contributed by atoms with E-state index in [-0.39, 0.29) is 24.2 Å². The van der Waals surface area contributed by atoms with Crippen LogP contribution in [0.1, 0.15) is 44.2 Å². The maximum Gasteiger partial charge on any atom is 0.322 e. The highest BCUT2D eigenvalue weighted by atomic mass is 32.2. The summed E-state index contributed by atoms with van der Waals surface area (Å²) in [4.78, 5) is 41.3. The summed E-state index contributed by atoms with van der Waals surface area (Å²) in [6.45, 7) is 4.24. The van der Waals surface area contributed by atoms with Gasteiger partial charge in [-0.3, -0.25) is 14.6 Å². The number of carbonyl (C=O) groups excluding carboxylic acids is 2. The Hall–Kier alpha value is -4.09. The normalized spacial score (nSPS) is 21.3. The van der Waals surface area contributed by atoms with Gasteiger partial charge in [0.15, 0.2) is 0 Å². The Morgan fingerprint density at radius 1 is 1.05 bits per heavy atom. The van der Waals surface area contributed by atoms with Crippen LogP contribution in [-0.2, 0) is 32.6 Å². The third kappa shape index (κ3) is 6.47. The topological polar surface area (TPSA) is 155 Å². The molecule has 0 radical (unpaired) electrons. The summed E-state index contributed by atoms with van der Waals surface area (Å²) >= 11 is 0. The van der Waals surface area contributed by atoms with Crippen LogP contribution >= 0.6 is 0 Å². The number of carboxylic acids is 1. The van der Waals surface area contributed by atoms with Gasteiger partial charge < -0.3 is 15.7 Å². The zero-order chi connectivity index (χ0) is 30.8. The molecule has 3 atom stereocenters. The highest BCUT2D eigenvalue weighted by Gasteiger charge is 2.65. The second-order valence-electron chi connectivity index (χ2n) is 12.1. The molecule has 2 saturated carbocycles. The van der Waals surface area contributed by atoms with Crippen LogP contribution in [0.3, 0.4) is 0 Å². The molecule has 5 rings (SSSR count). The number of rotatable bonds is 11. The largest absolute Gasteiger partial charge is 0.480 e. The van der Waals surface area contributed by atoms with Crippen LogP contribution in [0.25, 0.3) is 11.1 Å². The number of Topliss-reactive ketones (excluding diaryl/α,β-unsaturated/α-hetero) is 1. The Labute approximate surface area is 251 Å². The van der Waals surface area contributed by atoms with Gasteiger partial charge in [0.2, 0.25) is 10.0 Å². The van der Waals surface area contributed by atoms with Gasteiger partial charge in [0.1, 0.15) is 11.8 Å². The maximum atomic E-state index is 13.2. The summed E-state index contributed by atoms with van der Waals surface area (Å²) in [7, 11) is -4.06. The summed E-state index contributed by atoms with van der Waals surface area (Å²) in [5, 5.41) is 15.4. The molecule has 10 nitrogen and oxygen atoms in total. The van der Waals surface area contributed by atoms with Crippen LogP contribution in [0.4, 0.5) is 10.5 Å². The van der Waals surface area contributed by atoms with Crippen LogP contribution in [0.2, 0.25) is 0 Å². The Bertz CT molecular complexity index is 1630. The van der Waals surface area contributed by atoms with Crippen molar-refractivity contribution in [1.29, 1.82) is 0 Å². The molecule has 226 valence electrons. The first-order chi connectivity index (χ1) is 20.4. The van der Waals surface area contributed by atoms with E-state index in [9.17, 15) is 27.9 Å². The Morgan fingerprint density at radius 2 is 1.81 bits per heavy atom. The van der Waals surface area contributed by atoms with E-state index in [1.54, 1.807) is 36.7 Å². The molecule has 1 heterocycles. The molecule has 0 spiro atoms. The minimum Gasteiger partial charge on any atom is -0.480 e. The van der Waals surface area contributed by atoms with E-state index in [0.29, 0.717) is 30.6 Å². The van der Waals surface area contributed by atoms with E-state index in [1.165, 1.54) is 0 Å². The lowest BCUT2D eigenvalue weighted by Crippen LogP contribution is -2.49. The standard InChI is InChI=1S/C32H36N4O6S/c1-31(2)25-12-13-32(31,28(37)17-25)20-43(41,42)36-27(29(38)39)15-21-8-10-23(11-9-21)24-6-3-7-26(16-24)35-30(40)34-19-22-5-4-14-33-18-22/h3-11,14,16,18,25,27,36H,12-13,15,17,19-20H2,1-2H3,(H,38,39)(H2,34,35,40)/t25?,27-,32+/m0/s1. The second kappa shape index (κ2) is 11.9. The zero-order valence-electron chi connectivity index (χ0n) is 24.2. The molecule has 1 aromatic heterocycles. The molecule has 4 N–H and O–H groups in total. The average molecular weight is 605 g/mol. The molecule has 11 heteroatoms. The molecule has 3 aromatic rings. The van der Waals surface area contributed by atoms with Gasteiger partial charge >= 0.3 is 12.0 Å². The average Bonchev–Trinajstić information content (AvgIpc) is 3.31. The fourth-order valence-electron chi connectivity index (χ4n) is 6.58. The number of carboxylic acid groups (broad SMARTS) is 1. The molecule has 2 bridgehead atoms. The van der Waals surface area contributed by atoms with Crippen LogP contribution in [0.15, 0.2) is 73.1 Å². The minimum absolute atomic E-state index is 0.0359. The number of sulfonamides is 1. The molecule has 2 fully saturated rings. The van der Waals surface area contributed by atoms with E-state index in [0.717, 1.165) is 23.1 Å². The first kappa shape index (κ1) is 30.4. The van der Waals surface area contributed by atoms with Crippen LogP contribution < -0.4 is 15.4 Å². The van der Waals surface area contributed by atoms with Gasteiger partial charge in [0, 0.05) is 36.5 Å². The zero-order valence-corrected chi connectivity index (χ0v) is 25.0. The quantitative estimate of drug-likeness (QED) is 0.253. The lowest BCUT2D eigenvalue weighted by Gasteiger charge is -2.36. The molecule has 2 amide bonds. The first-order valence-electron chi connectivity index (χ1n) is 14.3. The van der Waals surface area contributed by atoms with Crippen molar-refractivity contribution in [3.8, 4) is 11.1 Å². The predicted octanol–water partition coefficient (Wildman–Crippen LogP) is 4.38. The van der Waals surface area contributed by atoms with Crippen LogP contribution in [0, 0.1) is 16.7 Å². The molecule has 1 unspecified atom stereocenters. The summed E-state index contributed by atoms with van der Waals surface area (Å²) in [5.41, 5.74) is 2.38. The second-order valence-corrected chi connectivity index (χ2v) is 13.8. The van der Waals surface area contributed by atoms with Crippen molar-refractivity contribution in [2.45, 2.75) is 52.1 Å². The van der Waals surface area contributed by atoms with Crippen molar-refractivity contribution in [3.05, 3.63) is 84.2 Å². The van der Waals surface area contributed by atoms with Crippen molar-refractivity contribution in [1.82, 2.24) is 15.0 Å². The fraction of sp³-hybridized carbons (Fsp3) is 0.375. The molecule has 2 aliphatic rings. The lowest BCUT2D eigenvalue weighted by molar-refractivity contribution is -0.138. The number of hydrogen-bond donors (Lipinski definition) is 4. The summed E-state index contributed by atoms with van der Waals surface area (Å²) in [5.74, 6) is -1.55. The number of aromatic nitrogens is 1. The number of nitrogens with one attached hydrogen (secondary N) is 3. The Morgan fingerprint density at radius 3 is 2.44 bits per heavy atom. The SMILES string of the molecule is CC1(C)C2CC[C@@]1(CS(=O)(=O)N[C@@H](Cc1ccc(-c3cccc(NC(=O)NCc4cccnc4)c3)cc1)C(=O)O)C(=O)C2. The predicted molar refractivity (Wildman–Crippen MR) is 163 cm³/mol. The number of pyridine rings is 1. The monoisotopic (exact) mass is 604 g/mol. The molecule has 2 aromatic carbocycles. The smallest absolute Gasteiger partial charge is 0.322 e. The van der Waals surface area contributed by atoms with Gasteiger partial charge in [-0.2, -0.15) is 0 Å². The van der Waals surface area contributed by atoms with Gasteiger partial charge in [-0.15, -0.1) is 0 Å². The van der Waals surface area contributed by atoms with Crippen molar-refractivity contribution in [2.75, 3.05) is 11.1 Å². The van der Waals surface area contributed by atoms with E-state index >= 15 is 0 Å². The first-order valence-corrected chi connectivity index (χ1v) is 15.9. The minimum atomic E-state index is -4.06. The number of benzene rings is 2. The van der Waals surface area contributed by atoms with E-state index in [2.05, 4.69) is 20.3 Å². The molecule has 43 heavy (non-hydrogen) atoms. The lowest BCUT2D eigenvalue weighted by atomic mass is 9.70. The van der Waals surface area contributed by atoms with E-state index in [4.69, 9.17) is 0 Å². The van der Waals surface area contributed by atoms with Crippen molar-refractivity contribution in [2.24, 2.45) is 16.7 Å². The summed E-state index contributed by atoms with van der Waals surface area (Å²) in [6, 6.07) is 16.4. The summed E-state index contributed by atoms with van der Waals surface area (Å²) < 4.78 is 28.8. The third-order valence-electron chi connectivity index (χ3n) is 9.22. The number of nitrogens with zero attached hydrogens (tertiary/aromatic N) is 1. The molecular formula is C32H36N4O6S. The highest BCUT2D eigenvalue weighted by Crippen LogP contribution is 2.64. The molecular weight excluding hydrogens is 568 g/mol. The number of aliphatic carboxylic acids is 1. The number of fused-ring (bicyclic) bond motifs is 2. The maximum absolute atomic E-state index is 13.2. The van der Waals surface area contributed by atoms with E-state index < -0.39 is 38.6 Å². The Balaban J connectivity index is 1.21. The number of hydrogen-bond acceptors (Lipinski definition) is 6. The van der Waals surface area contributed by atoms with Gasteiger partial charge in [-0.25, -0.2) is 17.9 Å². The molecule has 0 aliphatic heterocycles. The van der Waals surface area contributed by atoms with Crippen molar-refractivity contribution in [3.63, 3.8) is 0 Å². The third-order valence-corrected chi connectivity index (χ3v) is 10.7. The van der Waals surface area contributed by atoms with Crippen LogP contribution in [0.5, 0.6) is 0 Å². The number of ketones is 1. The number of amides is 2. The van der Waals surface area contributed by atoms with Gasteiger partial charge in [-0.1, -0.05) is 56.3 Å². The fourth-order valence-corrected chi connectivity index (χ4v) is 8.60. The van der Waals surface area contributed by atoms with Crippen LogP contribution in [-0.4, -0.2) is 48.1 Å². The van der Waals surface area contributed by atoms with Gasteiger partial charge in [0.05, 0.1) is 5.75 Å². The number of urea groups is 1.